The summed E-state index contributed by atoms with van der Waals surface area (Å²) in [6.07, 6.45) is 3.96. The van der Waals surface area contributed by atoms with Crippen molar-refractivity contribution >= 4 is 6.09 Å². The lowest BCUT2D eigenvalue weighted by Gasteiger charge is -2.24. The molecule has 5 heteroatoms. The molecule has 21 heavy (non-hydrogen) atoms. The van der Waals surface area contributed by atoms with Crippen molar-refractivity contribution in [1.82, 2.24) is 10.6 Å². The lowest BCUT2D eigenvalue weighted by molar-refractivity contribution is 0.0505. The number of carbonyl (C=O) groups is 1. The van der Waals surface area contributed by atoms with E-state index in [9.17, 15) is 4.79 Å². The summed E-state index contributed by atoms with van der Waals surface area (Å²) in [4.78, 5) is 11.8. The molecule has 1 aliphatic carbocycles. The van der Waals surface area contributed by atoms with Crippen LogP contribution in [-0.4, -0.2) is 43.0 Å². The molecule has 0 aromatic carbocycles. The molecule has 4 unspecified atom stereocenters. The standard InChI is InChI=1S/C16H30N2O3/c1-11(12-7-8-20-10-12)17-13-5-6-14(9-13)18-15(19)21-16(2,3)4/h11-14,17H,5-10H2,1-4H3,(H,18,19). The number of amides is 1. The Bertz CT molecular complexity index is 348. The third-order valence-electron chi connectivity index (χ3n) is 4.32. The monoisotopic (exact) mass is 298 g/mol. The molecule has 0 aromatic heterocycles. The van der Waals surface area contributed by atoms with Gasteiger partial charge in [0.1, 0.15) is 5.60 Å². The zero-order valence-corrected chi connectivity index (χ0v) is 13.8. The van der Waals surface area contributed by atoms with Gasteiger partial charge in [-0.3, -0.25) is 0 Å². The van der Waals surface area contributed by atoms with E-state index in [0.29, 0.717) is 18.0 Å². The highest BCUT2D eigenvalue weighted by molar-refractivity contribution is 5.68. The van der Waals surface area contributed by atoms with Gasteiger partial charge in [0.25, 0.3) is 0 Å². The highest BCUT2D eigenvalue weighted by Gasteiger charge is 2.30. The summed E-state index contributed by atoms with van der Waals surface area (Å²) >= 11 is 0. The van der Waals surface area contributed by atoms with E-state index in [-0.39, 0.29) is 12.1 Å². The lowest BCUT2D eigenvalue weighted by atomic mass is 9.99. The predicted molar refractivity (Wildman–Crippen MR) is 82.3 cm³/mol. The highest BCUT2D eigenvalue weighted by atomic mass is 16.6. The van der Waals surface area contributed by atoms with Gasteiger partial charge >= 0.3 is 6.09 Å². The summed E-state index contributed by atoms with van der Waals surface area (Å²) in [6, 6.07) is 1.20. The van der Waals surface area contributed by atoms with Crippen LogP contribution in [0, 0.1) is 5.92 Å². The van der Waals surface area contributed by atoms with Crippen molar-refractivity contribution in [3.8, 4) is 0 Å². The first-order valence-electron chi connectivity index (χ1n) is 8.17. The van der Waals surface area contributed by atoms with E-state index in [4.69, 9.17) is 9.47 Å². The fraction of sp³-hybridized carbons (Fsp3) is 0.938. The molecule has 122 valence electrons. The van der Waals surface area contributed by atoms with E-state index in [2.05, 4.69) is 17.6 Å². The Hall–Kier alpha value is -0.810. The Morgan fingerprint density at radius 3 is 2.57 bits per heavy atom. The highest BCUT2D eigenvalue weighted by Crippen LogP contribution is 2.23. The van der Waals surface area contributed by atoms with Gasteiger partial charge in [-0.2, -0.15) is 0 Å². The zero-order valence-electron chi connectivity index (χ0n) is 13.8. The second-order valence-electron chi connectivity index (χ2n) is 7.43. The average Bonchev–Trinajstić information content (AvgIpc) is 2.97. The van der Waals surface area contributed by atoms with Gasteiger partial charge < -0.3 is 20.1 Å². The summed E-state index contributed by atoms with van der Waals surface area (Å²) in [5.74, 6) is 0.628. The van der Waals surface area contributed by atoms with Crippen LogP contribution in [0.3, 0.4) is 0 Å². The molecule has 0 spiro atoms. The van der Waals surface area contributed by atoms with E-state index in [1.54, 1.807) is 0 Å². The topological polar surface area (TPSA) is 59.6 Å². The fourth-order valence-corrected chi connectivity index (χ4v) is 3.19. The van der Waals surface area contributed by atoms with Crippen LogP contribution in [-0.2, 0) is 9.47 Å². The van der Waals surface area contributed by atoms with Crippen LogP contribution in [0.5, 0.6) is 0 Å². The quantitative estimate of drug-likeness (QED) is 0.837. The third-order valence-corrected chi connectivity index (χ3v) is 4.32. The molecule has 0 bridgehead atoms. The fourth-order valence-electron chi connectivity index (χ4n) is 3.19. The number of hydrogen-bond donors (Lipinski definition) is 2. The Morgan fingerprint density at radius 1 is 1.24 bits per heavy atom. The third kappa shape index (κ3) is 5.47. The first kappa shape index (κ1) is 16.6. The van der Waals surface area contributed by atoms with Crippen molar-refractivity contribution in [2.45, 2.75) is 77.1 Å². The summed E-state index contributed by atoms with van der Waals surface area (Å²) in [6.45, 7) is 9.67. The molecule has 5 nitrogen and oxygen atoms in total. The molecule has 2 rings (SSSR count). The second kappa shape index (κ2) is 6.97. The van der Waals surface area contributed by atoms with Crippen LogP contribution >= 0.6 is 0 Å². The number of nitrogens with one attached hydrogen (secondary N) is 2. The predicted octanol–water partition coefficient (Wildman–Crippen LogP) is 2.45. The van der Waals surface area contributed by atoms with Gasteiger partial charge in [0.05, 0.1) is 6.61 Å². The minimum absolute atomic E-state index is 0.226. The minimum atomic E-state index is -0.433. The number of hydrogen-bond acceptors (Lipinski definition) is 4. The maximum atomic E-state index is 11.8. The Balaban J connectivity index is 1.69. The lowest BCUT2D eigenvalue weighted by Crippen LogP contribution is -2.42. The van der Waals surface area contributed by atoms with Gasteiger partial charge in [0.2, 0.25) is 0 Å². The second-order valence-corrected chi connectivity index (χ2v) is 7.43. The van der Waals surface area contributed by atoms with Crippen molar-refractivity contribution in [3.63, 3.8) is 0 Å². The Morgan fingerprint density at radius 2 is 1.95 bits per heavy atom. The SMILES string of the molecule is CC(NC1CCC(NC(=O)OC(C)(C)C)C1)C1CCOC1. The Kier molecular flexibility index (Phi) is 5.49. The first-order chi connectivity index (χ1) is 9.83. The number of ether oxygens (including phenoxy) is 2. The first-order valence-corrected chi connectivity index (χ1v) is 8.17. The van der Waals surface area contributed by atoms with Gasteiger partial charge in [-0.05, 0) is 59.3 Å². The molecule has 2 N–H and O–H groups in total. The van der Waals surface area contributed by atoms with Crippen LogP contribution in [0.1, 0.15) is 53.4 Å². The smallest absolute Gasteiger partial charge is 0.407 e. The number of carbonyl (C=O) groups excluding carboxylic acids is 1. The van der Waals surface area contributed by atoms with Crippen molar-refractivity contribution in [3.05, 3.63) is 0 Å². The summed E-state index contributed by atoms with van der Waals surface area (Å²) in [7, 11) is 0. The molecule has 2 fully saturated rings. The van der Waals surface area contributed by atoms with E-state index in [1.165, 1.54) is 0 Å². The number of rotatable bonds is 4. The molecule has 1 aliphatic heterocycles. The summed E-state index contributed by atoms with van der Waals surface area (Å²) < 4.78 is 10.8. The van der Waals surface area contributed by atoms with E-state index in [1.807, 2.05) is 20.8 Å². The van der Waals surface area contributed by atoms with Crippen molar-refractivity contribution in [2.75, 3.05) is 13.2 Å². The molecule has 0 radical (unpaired) electrons. The molecular weight excluding hydrogens is 268 g/mol. The largest absolute Gasteiger partial charge is 0.444 e. The molecule has 1 saturated heterocycles. The molecule has 2 aliphatic rings. The summed E-state index contributed by atoms with van der Waals surface area (Å²) in [5, 5.41) is 6.68. The Labute approximate surface area is 128 Å². The summed E-state index contributed by atoms with van der Waals surface area (Å²) in [5.41, 5.74) is -0.433. The molecule has 1 amide bonds. The normalized spacial score (nSPS) is 31.1. The van der Waals surface area contributed by atoms with Crippen molar-refractivity contribution < 1.29 is 14.3 Å². The molecule has 0 aromatic rings. The van der Waals surface area contributed by atoms with Crippen LogP contribution < -0.4 is 10.6 Å². The average molecular weight is 298 g/mol. The van der Waals surface area contributed by atoms with E-state index >= 15 is 0 Å². The van der Waals surface area contributed by atoms with Crippen molar-refractivity contribution in [2.24, 2.45) is 5.92 Å². The maximum absolute atomic E-state index is 11.8. The molecule has 4 atom stereocenters. The van der Waals surface area contributed by atoms with Crippen LogP contribution in [0.2, 0.25) is 0 Å². The van der Waals surface area contributed by atoms with Crippen LogP contribution in [0.4, 0.5) is 4.79 Å². The minimum Gasteiger partial charge on any atom is -0.444 e. The zero-order chi connectivity index (χ0) is 15.5. The van der Waals surface area contributed by atoms with Gasteiger partial charge in [0, 0.05) is 24.7 Å². The van der Waals surface area contributed by atoms with Crippen LogP contribution in [0.25, 0.3) is 0 Å². The molecule has 1 heterocycles. The van der Waals surface area contributed by atoms with E-state index < -0.39 is 5.60 Å². The van der Waals surface area contributed by atoms with Crippen LogP contribution in [0.15, 0.2) is 0 Å². The van der Waals surface area contributed by atoms with E-state index in [0.717, 1.165) is 38.9 Å². The molecular formula is C16H30N2O3. The molecule has 1 saturated carbocycles. The van der Waals surface area contributed by atoms with Gasteiger partial charge in [0.15, 0.2) is 0 Å². The number of alkyl carbamates (subject to hydrolysis) is 1. The van der Waals surface area contributed by atoms with Gasteiger partial charge in [-0.1, -0.05) is 0 Å². The van der Waals surface area contributed by atoms with Gasteiger partial charge in [-0.15, -0.1) is 0 Å². The van der Waals surface area contributed by atoms with Gasteiger partial charge in [-0.25, -0.2) is 4.79 Å². The van der Waals surface area contributed by atoms with Crippen molar-refractivity contribution in [1.29, 1.82) is 0 Å². The maximum Gasteiger partial charge on any atom is 0.407 e.